The van der Waals surface area contributed by atoms with Crippen molar-refractivity contribution in [3.63, 3.8) is 0 Å². The molecule has 0 saturated carbocycles. The highest BCUT2D eigenvalue weighted by Crippen LogP contribution is 2.29. The molecule has 2 aromatic rings. The molecule has 1 atom stereocenters. The van der Waals surface area contributed by atoms with Crippen LogP contribution in [0.1, 0.15) is 12.8 Å². The van der Waals surface area contributed by atoms with Gasteiger partial charge in [0.2, 0.25) is 0 Å². The van der Waals surface area contributed by atoms with Gasteiger partial charge in [0.1, 0.15) is 11.9 Å². The van der Waals surface area contributed by atoms with Gasteiger partial charge in [0, 0.05) is 16.6 Å². The average Bonchev–Trinajstić information content (AvgIpc) is 2.47. The normalized spacial score (nSPS) is 19.1. The Bertz CT molecular complexity index is 622. The van der Waals surface area contributed by atoms with E-state index in [4.69, 9.17) is 27.9 Å². The van der Waals surface area contributed by atoms with Crippen molar-refractivity contribution in [1.82, 2.24) is 4.90 Å². The Morgan fingerprint density at radius 3 is 2.32 bits per heavy atom. The van der Waals surface area contributed by atoms with E-state index in [1.54, 1.807) is 6.07 Å². The lowest BCUT2D eigenvalue weighted by atomic mass is 10.1. The SMILES string of the molecule is CN1CCC[C@@H](Oc2ccc(-c3cc(Cl)cc(Cl)c3)cc2)C1. The van der Waals surface area contributed by atoms with Gasteiger partial charge in [0.15, 0.2) is 0 Å². The van der Waals surface area contributed by atoms with Crippen LogP contribution in [-0.4, -0.2) is 31.1 Å². The zero-order valence-electron chi connectivity index (χ0n) is 12.6. The molecule has 0 aromatic heterocycles. The van der Waals surface area contributed by atoms with Gasteiger partial charge in [-0.05, 0) is 67.9 Å². The van der Waals surface area contributed by atoms with Crippen molar-refractivity contribution in [2.24, 2.45) is 0 Å². The van der Waals surface area contributed by atoms with Crippen LogP contribution in [0.25, 0.3) is 11.1 Å². The Morgan fingerprint density at radius 2 is 1.68 bits per heavy atom. The van der Waals surface area contributed by atoms with Crippen LogP contribution >= 0.6 is 23.2 Å². The van der Waals surface area contributed by atoms with Crippen LogP contribution in [0, 0.1) is 0 Å². The summed E-state index contributed by atoms with van der Waals surface area (Å²) in [5.74, 6) is 0.914. The molecule has 3 rings (SSSR count). The zero-order valence-corrected chi connectivity index (χ0v) is 14.1. The standard InChI is InChI=1S/C18H19Cl2NO/c1-21-8-2-3-18(12-21)22-17-6-4-13(5-7-17)14-9-15(19)11-16(20)10-14/h4-7,9-11,18H,2-3,8,12H2,1H3/t18-/m1/s1. The summed E-state index contributed by atoms with van der Waals surface area (Å²) in [6.07, 6.45) is 2.60. The lowest BCUT2D eigenvalue weighted by Crippen LogP contribution is -2.38. The van der Waals surface area contributed by atoms with Gasteiger partial charge in [0.25, 0.3) is 0 Å². The van der Waals surface area contributed by atoms with Crippen LogP contribution in [0.15, 0.2) is 42.5 Å². The third-order valence-corrected chi connectivity index (χ3v) is 4.37. The largest absolute Gasteiger partial charge is 0.489 e. The topological polar surface area (TPSA) is 12.5 Å². The summed E-state index contributed by atoms with van der Waals surface area (Å²) in [4.78, 5) is 2.32. The first-order valence-corrected chi connectivity index (χ1v) is 8.27. The van der Waals surface area contributed by atoms with Crippen molar-refractivity contribution >= 4 is 23.2 Å². The van der Waals surface area contributed by atoms with Gasteiger partial charge >= 0.3 is 0 Å². The Balaban J connectivity index is 1.72. The van der Waals surface area contributed by atoms with Crippen LogP contribution in [0.4, 0.5) is 0 Å². The van der Waals surface area contributed by atoms with Crippen LogP contribution in [0.5, 0.6) is 5.75 Å². The van der Waals surface area contributed by atoms with E-state index >= 15 is 0 Å². The molecule has 116 valence electrons. The first kappa shape index (κ1) is 15.7. The molecule has 1 fully saturated rings. The molecular formula is C18H19Cl2NO. The maximum atomic E-state index is 6.07. The van der Waals surface area contributed by atoms with Crippen molar-refractivity contribution in [2.45, 2.75) is 18.9 Å². The lowest BCUT2D eigenvalue weighted by Gasteiger charge is -2.30. The fourth-order valence-corrected chi connectivity index (χ4v) is 3.38. The summed E-state index contributed by atoms with van der Waals surface area (Å²) in [7, 11) is 2.14. The molecule has 2 aromatic carbocycles. The maximum absolute atomic E-state index is 6.07. The van der Waals surface area contributed by atoms with Crippen molar-refractivity contribution in [3.8, 4) is 16.9 Å². The Morgan fingerprint density at radius 1 is 1.00 bits per heavy atom. The van der Waals surface area contributed by atoms with E-state index in [-0.39, 0.29) is 6.10 Å². The second kappa shape index (κ2) is 6.91. The number of ether oxygens (including phenoxy) is 1. The molecule has 0 N–H and O–H groups in total. The molecule has 1 heterocycles. The summed E-state index contributed by atoms with van der Waals surface area (Å²) in [6.45, 7) is 2.15. The van der Waals surface area contributed by atoms with Gasteiger partial charge < -0.3 is 9.64 Å². The van der Waals surface area contributed by atoms with E-state index in [9.17, 15) is 0 Å². The number of rotatable bonds is 3. The summed E-state index contributed by atoms with van der Waals surface area (Å²) in [5.41, 5.74) is 2.10. The molecule has 4 heteroatoms. The number of hydrogen-bond donors (Lipinski definition) is 0. The van der Waals surface area contributed by atoms with E-state index in [0.717, 1.165) is 36.4 Å². The van der Waals surface area contributed by atoms with Crippen LogP contribution in [-0.2, 0) is 0 Å². The molecule has 0 spiro atoms. The van der Waals surface area contributed by atoms with Gasteiger partial charge in [-0.25, -0.2) is 0 Å². The van der Waals surface area contributed by atoms with E-state index in [2.05, 4.69) is 11.9 Å². The van der Waals surface area contributed by atoms with Crippen molar-refractivity contribution < 1.29 is 4.74 Å². The minimum atomic E-state index is 0.283. The number of benzene rings is 2. The molecule has 1 aliphatic heterocycles. The van der Waals surface area contributed by atoms with Gasteiger partial charge in [-0.3, -0.25) is 0 Å². The number of halogens is 2. The highest BCUT2D eigenvalue weighted by Gasteiger charge is 2.18. The average molecular weight is 336 g/mol. The molecule has 0 bridgehead atoms. The van der Waals surface area contributed by atoms with Gasteiger partial charge in [0.05, 0.1) is 0 Å². The van der Waals surface area contributed by atoms with E-state index < -0.39 is 0 Å². The molecule has 1 saturated heterocycles. The van der Waals surface area contributed by atoms with Gasteiger partial charge in [-0.15, -0.1) is 0 Å². The number of likely N-dealkylation sites (N-methyl/N-ethyl adjacent to an activating group) is 1. The van der Waals surface area contributed by atoms with Gasteiger partial charge in [-0.1, -0.05) is 35.3 Å². The molecule has 0 unspecified atom stereocenters. The highest BCUT2D eigenvalue weighted by molar-refractivity contribution is 6.35. The number of nitrogens with zero attached hydrogens (tertiary/aromatic N) is 1. The third kappa shape index (κ3) is 3.95. The number of piperidine rings is 1. The quantitative estimate of drug-likeness (QED) is 0.770. The van der Waals surface area contributed by atoms with Crippen LogP contribution in [0.2, 0.25) is 10.0 Å². The highest BCUT2D eigenvalue weighted by atomic mass is 35.5. The van der Waals surface area contributed by atoms with Crippen LogP contribution < -0.4 is 4.74 Å². The van der Waals surface area contributed by atoms with E-state index in [1.165, 1.54) is 6.42 Å². The summed E-state index contributed by atoms with van der Waals surface area (Å²) in [6, 6.07) is 13.7. The van der Waals surface area contributed by atoms with Crippen molar-refractivity contribution in [2.75, 3.05) is 20.1 Å². The minimum Gasteiger partial charge on any atom is -0.489 e. The molecule has 0 amide bonds. The molecule has 0 aliphatic carbocycles. The number of hydrogen-bond acceptors (Lipinski definition) is 2. The van der Waals surface area contributed by atoms with Crippen LogP contribution in [0.3, 0.4) is 0 Å². The summed E-state index contributed by atoms with van der Waals surface area (Å²) >= 11 is 12.1. The fourth-order valence-electron chi connectivity index (χ4n) is 2.85. The van der Waals surface area contributed by atoms with E-state index in [1.807, 2.05) is 36.4 Å². The number of likely N-dealkylation sites (tertiary alicyclic amines) is 1. The molecule has 1 aliphatic rings. The first-order chi connectivity index (χ1) is 10.6. The fraction of sp³-hybridized carbons (Fsp3) is 0.333. The second-order valence-corrected chi connectivity index (χ2v) is 6.70. The lowest BCUT2D eigenvalue weighted by molar-refractivity contribution is 0.104. The van der Waals surface area contributed by atoms with Crippen molar-refractivity contribution in [3.05, 3.63) is 52.5 Å². The predicted molar refractivity (Wildman–Crippen MR) is 93.0 cm³/mol. The second-order valence-electron chi connectivity index (χ2n) is 5.83. The van der Waals surface area contributed by atoms with Gasteiger partial charge in [-0.2, -0.15) is 0 Å². The predicted octanol–water partition coefficient (Wildman–Crippen LogP) is 5.13. The molecule has 22 heavy (non-hydrogen) atoms. The Kier molecular flexibility index (Phi) is 4.92. The first-order valence-electron chi connectivity index (χ1n) is 7.52. The summed E-state index contributed by atoms with van der Waals surface area (Å²) < 4.78 is 6.07. The Hall–Kier alpha value is -1.22. The third-order valence-electron chi connectivity index (χ3n) is 3.93. The van der Waals surface area contributed by atoms with Crippen molar-refractivity contribution in [1.29, 1.82) is 0 Å². The van der Waals surface area contributed by atoms with E-state index in [0.29, 0.717) is 10.0 Å². The maximum Gasteiger partial charge on any atom is 0.119 e. The Labute approximate surface area is 141 Å². The smallest absolute Gasteiger partial charge is 0.119 e. The molecular weight excluding hydrogens is 317 g/mol. The molecule has 2 nitrogen and oxygen atoms in total. The summed E-state index contributed by atoms with van der Waals surface area (Å²) in [5, 5.41) is 1.29. The monoisotopic (exact) mass is 335 g/mol. The zero-order chi connectivity index (χ0) is 15.5. The minimum absolute atomic E-state index is 0.283. The molecule has 0 radical (unpaired) electrons.